The molecule has 0 saturated carbocycles. The zero-order valence-corrected chi connectivity index (χ0v) is 11.8. The van der Waals surface area contributed by atoms with Crippen LogP contribution in [0.2, 0.25) is 0 Å². The van der Waals surface area contributed by atoms with E-state index in [0.717, 1.165) is 12.1 Å². The summed E-state index contributed by atoms with van der Waals surface area (Å²) in [6, 6.07) is 11.5. The molecule has 104 valence electrons. The van der Waals surface area contributed by atoms with Crippen molar-refractivity contribution in [1.29, 1.82) is 0 Å². The SMILES string of the molecule is O=C(c1ccccc1)c1cc(C(F)(F)F)ccc1CBr. The summed E-state index contributed by atoms with van der Waals surface area (Å²) in [5.74, 6) is -0.411. The number of carbonyl (C=O) groups excluding carboxylic acids is 1. The summed E-state index contributed by atoms with van der Waals surface area (Å²) in [5.41, 5.74) is 0.158. The first kappa shape index (κ1) is 14.8. The van der Waals surface area contributed by atoms with Gasteiger partial charge in [0, 0.05) is 16.5 Å². The van der Waals surface area contributed by atoms with Crippen LogP contribution in [0.1, 0.15) is 27.0 Å². The van der Waals surface area contributed by atoms with Crippen LogP contribution in [0.4, 0.5) is 13.2 Å². The minimum atomic E-state index is -4.46. The van der Waals surface area contributed by atoms with Crippen LogP contribution in [-0.2, 0) is 11.5 Å². The zero-order chi connectivity index (χ0) is 14.8. The van der Waals surface area contributed by atoms with E-state index < -0.39 is 17.5 Å². The molecular weight excluding hydrogens is 333 g/mol. The second-order valence-corrected chi connectivity index (χ2v) is 4.76. The van der Waals surface area contributed by atoms with E-state index >= 15 is 0 Å². The number of hydrogen-bond acceptors (Lipinski definition) is 1. The van der Waals surface area contributed by atoms with Crippen LogP contribution in [0.5, 0.6) is 0 Å². The van der Waals surface area contributed by atoms with Gasteiger partial charge in [-0.05, 0) is 17.7 Å². The number of halogens is 4. The fraction of sp³-hybridized carbons (Fsp3) is 0.133. The summed E-state index contributed by atoms with van der Waals surface area (Å²) in [7, 11) is 0. The highest BCUT2D eigenvalue weighted by atomic mass is 79.9. The minimum absolute atomic E-state index is 0.0721. The van der Waals surface area contributed by atoms with Gasteiger partial charge in [-0.1, -0.05) is 52.3 Å². The maximum absolute atomic E-state index is 12.7. The Balaban J connectivity index is 2.52. The molecule has 0 spiro atoms. The summed E-state index contributed by atoms with van der Waals surface area (Å²) in [6.45, 7) is 0. The molecule has 0 aromatic heterocycles. The first-order chi connectivity index (χ1) is 9.43. The Kier molecular flexibility index (Phi) is 4.28. The first-order valence-corrected chi connectivity index (χ1v) is 6.91. The highest BCUT2D eigenvalue weighted by Gasteiger charge is 2.31. The molecule has 0 aliphatic carbocycles. The monoisotopic (exact) mass is 342 g/mol. The Hall–Kier alpha value is -1.62. The quantitative estimate of drug-likeness (QED) is 0.576. The van der Waals surface area contributed by atoms with Crippen LogP contribution in [0.25, 0.3) is 0 Å². The number of ketones is 1. The van der Waals surface area contributed by atoms with Gasteiger partial charge < -0.3 is 0 Å². The summed E-state index contributed by atoms with van der Waals surface area (Å²) in [6.07, 6.45) is -4.46. The third kappa shape index (κ3) is 3.10. The van der Waals surface area contributed by atoms with Crippen molar-refractivity contribution in [3.8, 4) is 0 Å². The highest BCUT2D eigenvalue weighted by molar-refractivity contribution is 9.08. The summed E-state index contributed by atoms with van der Waals surface area (Å²) in [4.78, 5) is 12.3. The van der Waals surface area contributed by atoms with Crippen LogP contribution < -0.4 is 0 Å². The fourth-order valence-corrected chi connectivity index (χ4v) is 2.31. The molecule has 0 unspecified atom stereocenters. The smallest absolute Gasteiger partial charge is 0.289 e. The third-order valence-corrected chi connectivity index (χ3v) is 3.47. The molecule has 0 atom stereocenters. The molecule has 0 aliphatic heterocycles. The molecular formula is C15H10BrF3O. The zero-order valence-electron chi connectivity index (χ0n) is 10.2. The summed E-state index contributed by atoms with van der Waals surface area (Å²) >= 11 is 3.19. The van der Waals surface area contributed by atoms with E-state index in [-0.39, 0.29) is 5.56 Å². The second-order valence-electron chi connectivity index (χ2n) is 4.20. The number of rotatable bonds is 3. The van der Waals surface area contributed by atoms with Gasteiger partial charge in [0.15, 0.2) is 5.78 Å². The van der Waals surface area contributed by atoms with Crippen LogP contribution >= 0.6 is 15.9 Å². The minimum Gasteiger partial charge on any atom is -0.289 e. The Morgan fingerprint density at radius 2 is 1.70 bits per heavy atom. The number of hydrogen-bond donors (Lipinski definition) is 0. The fourth-order valence-electron chi connectivity index (χ4n) is 1.83. The summed E-state index contributed by atoms with van der Waals surface area (Å²) < 4.78 is 38.2. The largest absolute Gasteiger partial charge is 0.416 e. The van der Waals surface area contributed by atoms with Gasteiger partial charge in [0.1, 0.15) is 0 Å². The van der Waals surface area contributed by atoms with Crippen molar-refractivity contribution in [3.05, 3.63) is 70.8 Å². The average Bonchev–Trinajstić information content (AvgIpc) is 2.45. The lowest BCUT2D eigenvalue weighted by atomic mass is 9.97. The van der Waals surface area contributed by atoms with E-state index in [9.17, 15) is 18.0 Å². The maximum atomic E-state index is 12.7. The molecule has 1 nitrogen and oxygen atoms in total. The molecule has 20 heavy (non-hydrogen) atoms. The van der Waals surface area contributed by atoms with Gasteiger partial charge in [-0.15, -0.1) is 0 Å². The molecule has 2 aromatic rings. The van der Waals surface area contributed by atoms with E-state index in [1.165, 1.54) is 6.07 Å². The lowest BCUT2D eigenvalue weighted by Crippen LogP contribution is -2.10. The van der Waals surface area contributed by atoms with Gasteiger partial charge in [-0.25, -0.2) is 0 Å². The van der Waals surface area contributed by atoms with E-state index in [0.29, 0.717) is 16.5 Å². The van der Waals surface area contributed by atoms with E-state index in [4.69, 9.17) is 0 Å². The molecule has 0 radical (unpaired) electrons. The van der Waals surface area contributed by atoms with Gasteiger partial charge in [-0.3, -0.25) is 4.79 Å². The first-order valence-electron chi connectivity index (χ1n) is 5.79. The van der Waals surface area contributed by atoms with Crippen molar-refractivity contribution in [3.63, 3.8) is 0 Å². The van der Waals surface area contributed by atoms with E-state index in [1.807, 2.05) is 0 Å². The topological polar surface area (TPSA) is 17.1 Å². The molecule has 5 heteroatoms. The molecule has 0 aliphatic rings. The van der Waals surface area contributed by atoms with E-state index in [2.05, 4.69) is 15.9 Å². The van der Waals surface area contributed by atoms with Crippen molar-refractivity contribution in [1.82, 2.24) is 0 Å². The Morgan fingerprint density at radius 1 is 1.05 bits per heavy atom. The van der Waals surface area contributed by atoms with Crippen LogP contribution in [0, 0.1) is 0 Å². The second kappa shape index (κ2) is 5.79. The van der Waals surface area contributed by atoms with Gasteiger partial charge in [0.2, 0.25) is 0 Å². The molecule has 2 aromatic carbocycles. The van der Waals surface area contributed by atoms with Crippen molar-refractivity contribution in [2.75, 3.05) is 0 Å². The highest BCUT2D eigenvalue weighted by Crippen LogP contribution is 2.31. The molecule has 2 rings (SSSR count). The van der Waals surface area contributed by atoms with Gasteiger partial charge >= 0.3 is 6.18 Å². The Bertz CT molecular complexity index is 621. The molecule has 0 N–H and O–H groups in total. The van der Waals surface area contributed by atoms with Crippen LogP contribution in [-0.4, -0.2) is 5.78 Å². The van der Waals surface area contributed by atoms with Gasteiger partial charge in [0.05, 0.1) is 5.56 Å². The van der Waals surface area contributed by atoms with E-state index in [1.54, 1.807) is 30.3 Å². The van der Waals surface area contributed by atoms with Crippen LogP contribution in [0.3, 0.4) is 0 Å². The maximum Gasteiger partial charge on any atom is 0.416 e. The molecule has 0 fully saturated rings. The predicted molar refractivity (Wildman–Crippen MR) is 73.9 cm³/mol. The third-order valence-electron chi connectivity index (χ3n) is 2.86. The normalized spacial score (nSPS) is 11.4. The predicted octanol–water partition coefficient (Wildman–Crippen LogP) is 4.83. The lowest BCUT2D eigenvalue weighted by Gasteiger charge is -2.11. The average molecular weight is 343 g/mol. The van der Waals surface area contributed by atoms with Crippen molar-refractivity contribution in [2.24, 2.45) is 0 Å². The summed E-state index contributed by atoms with van der Waals surface area (Å²) in [5, 5.41) is 0.318. The molecule has 0 amide bonds. The number of alkyl halides is 4. The van der Waals surface area contributed by atoms with Gasteiger partial charge in [0.25, 0.3) is 0 Å². The standard InChI is InChI=1S/C15H10BrF3O/c16-9-11-6-7-12(15(17,18)19)8-13(11)14(20)10-4-2-1-3-5-10/h1-8H,9H2. The van der Waals surface area contributed by atoms with Gasteiger partial charge in [-0.2, -0.15) is 13.2 Å². The molecule has 0 bridgehead atoms. The lowest BCUT2D eigenvalue weighted by molar-refractivity contribution is -0.137. The number of carbonyl (C=O) groups is 1. The molecule has 0 saturated heterocycles. The van der Waals surface area contributed by atoms with Crippen LogP contribution in [0.15, 0.2) is 48.5 Å². The number of benzene rings is 2. The van der Waals surface area contributed by atoms with Crippen molar-refractivity contribution in [2.45, 2.75) is 11.5 Å². The van der Waals surface area contributed by atoms with Crippen molar-refractivity contribution >= 4 is 21.7 Å². The Labute approximate surface area is 122 Å². The van der Waals surface area contributed by atoms with Crippen molar-refractivity contribution < 1.29 is 18.0 Å². The molecule has 0 heterocycles. The Morgan fingerprint density at radius 3 is 2.25 bits per heavy atom.